The summed E-state index contributed by atoms with van der Waals surface area (Å²) in [5.41, 5.74) is 0.418. The first-order valence-electron chi connectivity index (χ1n) is 7.77. The molecule has 1 unspecified atom stereocenters. The number of ketones is 1. The average molecular weight is 360 g/mol. The molecule has 7 nitrogen and oxygen atoms in total. The summed E-state index contributed by atoms with van der Waals surface area (Å²) in [7, 11) is 0. The van der Waals surface area contributed by atoms with E-state index in [2.05, 4.69) is 5.32 Å². The second kappa shape index (κ2) is 8.70. The molecule has 0 saturated heterocycles. The van der Waals surface area contributed by atoms with Gasteiger partial charge in [-0.3, -0.25) is 19.7 Å². The second-order valence-electron chi connectivity index (χ2n) is 5.58. The second-order valence-corrected chi connectivity index (χ2v) is 5.58. The average Bonchev–Trinajstić information content (AvgIpc) is 2.60. The summed E-state index contributed by atoms with van der Waals surface area (Å²) >= 11 is 0. The van der Waals surface area contributed by atoms with Crippen LogP contribution < -0.4 is 10.1 Å². The Kier molecular flexibility index (Phi) is 6.37. The normalized spacial score (nSPS) is 11.5. The molecule has 0 aliphatic carbocycles. The predicted octanol–water partition coefficient (Wildman–Crippen LogP) is 2.43. The van der Waals surface area contributed by atoms with Gasteiger partial charge in [-0.2, -0.15) is 0 Å². The summed E-state index contributed by atoms with van der Waals surface area (Å²) in [5.74, 6) is -1.96. The SMILES string of the molecule is CC(=O)C(Cc1ccccc1)NC(=O)COc1cc(F)ccc1[N+](=O)[O-]. The number of Topliss-reactive ketones (excluding diaryl/α,β-unsaturated/α-hetero) is 1. The molecule has 0 saturated carbocycles. The van der Waals surface area contributed by atoms with E-state index < -0.39 is 35.0 Å². The van der Waals surface area contributed by atoms with Crippen LogP contribution >= 0.6 is 0 Å². The molecular formula is C18H17FN2O5. The van der Waals surface area contributed by atoms with E-state index in [1.165, 1.54) is 6.92 Å². The smallest absolute Gasteiger partial charge is 0.311 e. The lowest BCUT2D eigenvalue weighted by Crippen LogP contribution is -2.43. The topological polar surface area (TPSA) is 98.5 Å². The van der Waals surface area contributed by atoms with Crippen molar-refractivity contribution in [3.8, 4) is 5.75 Å². The van der Waals surface area contributed by atoms with E-state index in [1.807, 2.05) is 30.3 Å². The maximum atomic E-state index is 13.2. The monoisotopic (exact) mass is 360 g/mol. The van der Waals surface area contributed by atoms with Gasteiger partial charge in [-0.1, -0.05) is 30.3 Å². The van der Waals surface area contributed by atoms with Gasteiger partial charge >= 0.3 is 5.69 Å². The van der Waals surface area contributed by atoms with Gasteiger partial charge < -0.3 is 10.1 Å². The zero-order valence-corrected chi connectivity index (χ0v) is 14.0. The molecule has 0 aliphatic heterocycles. The lowest BCUT2D eigenvalue weighted by molar-refractivity contribution is -0.385. The van der Waals surface area contributed by atoms with Crippen LogP contribution in [0.5, 0.6) is 5.75 Å². The lowest BCUT2D eigenvalue weighted by atomic mass is 10.0. The summed E-state index contributed by atoms with van der Waals surface area (Å²) in [6.07, 6.45) is 0.308. The molecule has 0 radical (unpaired) electrons. The molecule has 2 aromatic carbocycles. The van der Waals surface area contributed by atoms with Crippen LogP contribution in [0.1, 0.15) is 12.5 Å². The molecule has 0 fully saturated rings. The Balaban J connectivity index is 2.00. The summed E-state index contributed by atoms with van der Waals surface area (Å²) in [6.45, 7) is 0.773. The predicted molar refractivity (Wildman–Crippen MR) is 91.3 cm³/mol. The number of amides is 1. The molecule has 1 amide bonds. The van der Waals surface area contributed by atoms with E-state index in [1.54, 1.807) is 0 Å². The first-order chi connectivity index (χ1) is 12.4. The van der Waals surface area contributed by atoms with Crippen LogP contribution in [-0.4, -0.2) is 29.3 Å². The Hall–Kier alpha value is -3.29. The molecule has 8 heteroatoms. The van der Waals surface area contributed by atoms with Crippen molar-refractivity contribution in [3.63, 3.8) is 0 Å². The van der Waals surface area contributed by atoms with Gasteiger partial charge in [0.25, 0.3) is 5.91 Å². The van der Waals surface area contributed by atoms with E-state index >= 15 is 0 Å². The summed E-state index contributed by atoms with van der Waals surface area (Å²) < 4.78 is 18.3. The number of hydrogen-bond donors (Lipinski definition) is 1. The van der Waals surface area contributed by atoms with Gasteiger partial charge in [0.15, 0.2) is 12.4 Å². The van der Waals surface area contributed by atoms with Crippen LogP contribution in [0.15, 0.2) is 48.5 Å². The van der Waals surface area contributed by atoms with Crippen LogP contribution in [0, 0.1) is 15.9 Å². The standard InChI is InChI=1S/C18H17FN2O5/c1-12(22)15(9-13-5-3-2-4-6-13)20-18(23)11-26-17-10-14(19)7-8-16(17)21(24)25/h2-8,10,15H,9,11H2,1H3,(H,20,23). The highest BCUT2D eigenvalue weighted by Gasteiger charge is 2.20. The highest BCUT2D eigenvalue weighted by molar-refractivity contribution is 5.88. The van der Waals surface area contributed by atoms with Crippen molar-refractivity contribution < 1.29 is 23.6 Å². The van der Waals surface area contributed by atoms with Gasteiger partial charge in [0.05, 0.1) is 11.0 Å². The molecule has 1 N–H and O–H groups in total. The van der Waals surface area contributed by atoms with Crippen molar-refractivity contribution in [2.75, 3.05) is 6.61 Å². The third kappa shape index (κ3) is 5.37. The molecule has 0 aliphatic rings. The highest BCUT2D eigenvalue weighted by atomic mass is 19.1. The van der Waals surface area contributed by atoms with Crippen molar-refractivity contribution in [3.05, 3.63) is 70.0 Å². The molecule has 0 aromatic heterocycles. The molecule has 2 aromatic rings. The fraction of sp³-hybridized carbons (Fsp3) is 0.222. The number of halogens is 1. The van der Waals surface area contributed by atoms with E-state index in [9.17, 15) is 24.1 Å². The van der Waals surface area contributed by atoms with Gasteiger partial charge in [0.1, 0.15) is 5.82 Å². The fourth-order valence-electron chi connectivity index (χ4n) is 2.28. The summed E-state index contributed by atoms with van der Waals surface area (Å²) in [5, 5.41) is 13.4. The molecular weight excluding hydrogens is 343 g/mol. The van der Waals surface area contributed by atoms with Crippen LogP contribution in [0.2, 0.25) is 0 Å². The van der Waals surface area contributed by atoms with Gasteiger partial charge in [-0.05, 0) is 25.0 Å². The van der Waals surface area contributed by atoms with E-state index in [-0.39, 0.29) is 11.5 Å². The largest absolute Gasteiger partial charge is 0.477 e. The number of nitro groups is 1. The van der Waals surface area contributed by atoms with Gasteiger partial charge in [0, 0.05) is 12.1 Å². The summed E-state index contributed by atoms with van der Waals surface area (Å²) in [6, 6.07) is 11.1. The fourth-order valence-corrected chi connectivity index (χ4v) is 2.28. The number of nitrogens with one attached hydrogen (secondary N) is 1. The molecule has 26 heavy (non-hydrogen) atoms. The Morgan fingerprint density at radius 2 is 1.92 bits per heavy atom. The van der Waals surface area contributed by atoms with Crippen LogP contribution in [0.3, 0.4) is 0 Å². The Bertz CT molecular complexity index is 810. The van der Waals surface area contributed by atoms with Crippen LogP contribution in [0.4, 0.5) is 10.1 Å². The zero-order chi connectivity index (χ0) is 19.1. The van der Waals surface area contributed by atoms with Crippen molar-refractivity contribution in [2.24, 2.45) is 0 Å². The molecule has 2 rings (SSSR count). The number of carbonyl (C=O) groups excluding carboxylic acids is 2. The van der Waals surface area contributed by atoms with Crippen LogP contribution in [0.25, 0.3) is 0 Å². The molecule has 0 bridgehead atoms. The summed E-state index contributed by atoms with van der Waals surface area (Å²) in [4.78, 5) is 34.0. The Labute approximate surface area is 148 Å². The molecule has 0 spiro atoms. The maximum absolute atomic E-state index is 13.2. The zero-order valence-electron chi connectivity index (χ0n) is 14.0. The first-order valence-corrected chi connectivity index (χ1v) is 7.77. The third-order valence-corrected chi connectivity index (χ3v) is 3.59. The Morgan fingerprint density at radius 3 is 2.54 bits per heavy atom. The lowest BCUT2D eigenvalue weighted by Gasteiger charge is -2.16. The minimum Gasteiger partial charge on any atom is -0.477 e. The quantitative estimate of drug-likeness (QED) is 0.576. The van der Waals surface area contributed by atoms with Crippen molar-refractivity contribution in [1.29, 1.82) is 0 Å². The number of nitro benzene ring substituents is 1. The van der Waals surface area contributed by atoms with Gasteiger partial charge in [-0.15, -0.1) is 0 Å². The number of carbonyl (C=O) groups is 2. The van der Waals surface area contributed by atoms with Crippen LogP contribution in [-0.2, 0) is 16.0 Å². The Morgan fingerprint density at radius 1 is 1.23 bits per heavy atom. The minimum absolute atomic E-state index is 0.237. The van der Waals surface area contributed by atoms with Crippen molar-refractivity contribution >= 4 is 17.4 Å². The highest BCUT2D eigenvalue weighted by Crippen LogP contribution is 2.27. The minimum atomic E-state index is -0.754. The number of ether oxygens (including phenoxy) is 1. The van der Waals surface area contributed by atoms with Gasteiger partial charge in [-0.25, -0.2) is 4.39 Å². The third-order valence-electron chi connectivity index (χ3n) is 3.59. The molecule has 0 heterocycles. The van der Waals surface area contributed by atoms with E-state index in [0.717, 1.165) is 23.8 Å². The molecule has 136 valence electrons. The van der Waals surface area contributed by atoms with Crippen molar-refractivity contribution in [2.45, 2.75) is 19.4 Å². The number of hydrogen-bond acceptors (Lipinski definition) is 5. The number of benzene rings is 2. The van der Waals surface area contributed by atoms with Crippen molar-refractivity contribution in [1.82, 2.24) is 5.32 Å². The number of rotatable bonds is 8. The molecule has 1 atom stereocenters. The van der Waals surface area contributed by atoms with E-state index in [4.69, 9.17) is 4.74 Å². The van der Waals surface area contributed by atoms with E-state index in [0.29, 0.717) is 6.42 Å². The maximum Gasteiger partial charge on any atom is 0.311 e. The van der Waals surface area contributed by atoms with Gasteiger partial charge in [0.2, 0.25) is 5.75 Å². The first kappa shape index (κ1) is 19.0. The number of nitrogens with zero attached hydrogens (tertiary/aromatic N) is 1.